The van der Waals surface area contributed by atoms with E-state index in [1.54, 1.807) is 43.4 Å². The van der Waals surface area contributed by atoms with Gasteiger partial charge in [0.05, 0.1) is 25.4 Å². The highest BCUT2D eigenvalue weighted by atomic mass is 16.5. The Labute approximate surface area is 275 Å². The Morgan fingerprint density at radius 3 is 2.50 bits per heavy atom. The molecule has 0 aromatic heterocycles. The van der Waals surface area contributed by atoms with Crippen molar-refractivity contribution in [1.29, 1.82) is 0 Å². The minimum Gasteiger partial charge on any atom is -0.497 e. The molecule has 2 aromatic rings. The molecule has 1 fully saturated rings. The van der Waals surface area contributed by atoms with Crippen LogP contribution in [-0.2, 0) is 11.2 Å². The smallest absolute Gasteiger partial charge is 0.317 e. The Morgan fingerprint density at radius 1 is 1.09 bits per heavy atom. The van der Waals surface area contributed by atoms with Crippen molar-refractivity contribution in [2.24, 2.45) is 5.41 Å². The number of hydrogen-bond donors (Lipinski definition) is 3. The Morgan fingerprint density at radius 2 is 1.83 bits per heavy atom. The molecule has 4 atom stereocenters. The van der Waals surface area contributed by atoms with Crippen LogP contribution in [0.5, 0.6) is 5.75 Å². The van der Waals surface area contributed by atoms with Crippen LogP contribution in [0.2, 0.25) is 0 Å². The zero-order valence-electron chi connectivity index (χ0n) is 28.6. The van der Waals surface area contributed by atoms with E-state index in [1.807, 2.05) is 32.0 Å². The van der Waals surface area contributed by atoms with Gasteiger partial charge in [-0.25, -0.2) is 4.79 Å². The molecule has 8 nitrogen and oxygen atoms in total. The van der Waals surface area contributed by atoms with Gasteiger partial charge >= 0.3 is 6.03 Å². The molecule has 46 heavy (non-hydrogen) atoms. The summed E-state index contributed by atoms with van der Waals surface area (Å²) < 4.78 is 10.6. The number of rotatable bonds is 10. The second-order valence-electron chi connectivity index (χ2n) is 13.9. The number of methoxy groups -OCH3 is 2. The van der Waals surface area contributed by atoms with E-state index >= 15 is 0 Å². The number of ketones is 1. The highest BCUT2D eigenvalue weighted by molar-refractivity contribution is 6.10. The molecule has 1 saturated carbocycles. The molecule has 0 heterocycles. The van der Waals surface area contributed by atoms with Crippen molar-refractivity contribution < 1.29 is 29.3 Å². The van der Waals surface area contributed by atoms with Crippen LogP contribution in [-0.4, -0.2) is 78.6 Å². The van der Waals surface area contributed by atoms with Crippen molar-refractivity contribution in [3.05, 3.63) is 76.4 Å². The van der Waals surface area contributed by atoms with Gasteiger partial charge in [0.2, 0.25) is 0 Å². The molecule has 3 aliphatic rings. The van der Waals surface area contributed by atoms with Gasteiger partial charge in [0.15, 0.2) is 5.78 Å². The van der Waals surface area contributed by atoms with Crippen LogP contribution in [0.1, 0.15) is 106 Å². The van der Waals surface area contributed by atoms with Crippen molar-refractivity contribution >= 4 is 11.8 Å². The standard InChI is InChI=1S/C38H54N2O6/c1-26(2)39-36(43)40(21-8-22-45-5)25-38(44)20-18-34-32-17-11-28(23-30(41)14-10-27(3)9-7-19-37(34,38)4)24-33(32)35(42)29-12-15-31(46-6)16-13-29/h9,11-13,15-17,24,26,30,34,41,44H,7-8,10,14,18-23,25H2,1-6H3,(H,39,43). The van der Waals surface area contributed by atoms with Gasteiger partial charge in [0, 0.05) is 42.8 Å². The molecule has 2 aromatic carbocycles. The molecule has 4 unspecified atom stereocenters. The van der Waals surface area contributed by atoms with E-state index in [-0.39, 0.29) is 30.3 Å². The molecule has 3 N–H and O–H groups in total. The van der Waals surface area contributed by atoms with Crippen molar-refractivity contribution in [2.75, 3.05) is 33.9 Å². The maximum absolute atomic E-state index is 14.2. The number of urea groups is 1. The average Bonchev–Trinajstić information content (AvgIpc) is 3.27. The van der Waals surface area contributed by atoms with Gasteiger partial charge in [-0.3, -0.25) is 4.79 Å². The molecule has 0 saturated heterocycles. The molecule has 2 amide bonds. The third kappa shape index (κ3) is 8.20. The first-order valence-electron chi connectivity index (χ1n) is 16.8. The fourth-order valence-corrected chi connectivity index (χ4v) is 7.40. The van der Waals surface area contributed by atoms with Gasteiger partial charge in [-0.2, -0.15) is 0 Å². The zero-order valence-corrected chi connectivity index (χ0v) is 28.6. The van der Waals surface area contributed by atoms with Crippen LogP contribution in [0.3, 0.4) is 0 Å². The lowest BCUT2D eigenvalue weighted by Gasteiger charge is -2.46. The summed E-state index contributed by atoms with van der Waals surface area (Å²) in [6.45, 7) is 9.29. The topological polar surface area (TPSA) is 108 Å². The third-order valence-electron chi connectivity index (χ3n) is 10.2. The van der Waals surface area contributed by atoms with E-state index in [0.29, 0.717) is 68.6 Å². The molecule has 3 aliphatic carbocycles. The summed E-state index contributed by atoms with van der Waals surface area (Å²) in [5.41, 5.74) is 2.38. The first-order chi connectivity index (χ1) is 21.9. The maximum atomic E-state index is 14.2. The highest BCUT2D eigenvalue weighted by Gasteiger charge is 2.57. The summed E-state index contributed by atoms with van der Waals surface area (Å²) >= 11 is 0. The number of ether oxygens (including phenoxy) is 2. The minimum atomic E-state index is -1.19. The second kappa shape index (κ2) is 15.6. The lowest BCUT2D eigenvalue weighted by molar-refractivity contribution is -0.0775. The number of carbonyl (C=O) groups is 2. The summed E-state index contributed by atoms with van der Waals surface area (Å²) in [6.07, 6.45) is 6.87. The molecular weight excluding hydrogens is 580 g/mol. The van der Waals surface area contributed by atoms with E-state index in [0.717, 1.165) is 24.0 Å². The third-order valence-corrected chi connectivity index (χ3v) is 10.2. The number of nitrogens with zero attached hydrogens (tertiary/aromatic N) is 1. The fourth-order valence-electron chi connectivity index (χ4n) is 7.40. The first kappa shape index (κ1) is 35.7. The van der Waals surface area contributed by atoms with Crippen LogP contribution in [0.25, 0.3) is 0 Å². The van der Waals surface area contributed by atoms with Crippen molar-refractivity contribution in [1.82, 2.24) is 10.2 Å². The van der Waals surface area contributed by atoms with E-state index in [1.165, 1.54) is 5.57 Å². The normalized spacial score (nSPS) is 25.0. The summed E-state index contributed by atoms with van der Waals surface area (Å²) in [4.78, 5) is 29.4. The molecule has 252 valence electrons. The predicted octanol–water partition coefficient (Wildman–Crippen LogP) is 6.42. The SMILES string of the molecule is COCCCN(CC1(O)CCC2c3ccc(cc3C(=O)c3ccc(OC)cc3)CC(O)CCC(C)=CCCC21C)C(=O)NC(C)C. The Kier molecular flexibility index (Phi) is 12.1. The highest BCUT2D eigenvalue weighted by Crippen LogP contribution is 2.59. The molecule has 0 aliphatic heterocycles. The van der Waals surface area contributed by atoms with Gasteiger partial charge in [-0.05, 0) is 120 Å². The Balaban J connectivity index is 1.80. The van der Waals surface area contributed by atoms with E-state index in [9.17, 15) is 19.8 Å². The maximum Gasteiger partial charge on any atom is 0.317 e. The first-order valence-corrected chi connectivity index (χ1v) is 16.8. The molecule has 8 heteroatoms. The zero-order chi connectivity index (χ0) is 33.5. The quantitative estimate of drug-likeness (QED) is 0.158. The lowest BCUT2D eigenvalue weighted by Crippen LogP contribution is -2.56. The van der Waals surface area contributed by atoms with E-state index in [4.69, 9.17) is 9.47 Å². The average molecular weight is 635 g/mol. The number of aliphatic hydroxyl groups is 2. The number of benzene rings is 2. The largest absolute Gasteiger partial charge is 0.497 e. The van der Waals surface area contributed by atoms with Crippen LogP contribution >= 0.6 is 0 Å². The Bertz CT molecular complexity index is 1370. The number of aliphatic hydroxyl groups excluding tert-OH is 1. The summed E-state index contributed by atoms with van der Waals surface area (Å²) in [6, 6.07) is 12.9. The van der Waals surface area contributed by atoms with Crippen LogP contribution in [0.15, 0.2) is 54.1 Å². The summed E-state index contributed by atoms with van der Waals surface area (Å²) in [7, 11) is 3.25. The number of allylic oxidation sites excluding steroid dienone is 2. The van der Waals surface area contributed by atoms with E-state index in [2.05, 4.69) is 25.2 Å². The molecule has 0 spiro atoms. The summed E-state index contributed by atoms with van der Waals surface area (Å²) in [5.74, 6) is 0.461. The Hall–Kier alpha value is -3.20. The van der Waals surface area contributed by atoms with Gasteiger partial charge < -0.3 is 29.9 Å². The van der Waals surface area contributed by atoms with Crippen LogP contribution < -0.4 is 10.1 Å². The van der Waals surface area contributed by atoms with Gasteiger partial charge in [-0.1, -0.05) is 30.7 Å². The fraction of sp³-hybridized carbons (Fsp3) is 0.579. The number of hydrogen-bond acceptors (Lipinski definition) is 6. The molecule has 2 bridgehead atoms. The second-order valence-corrected chi connectivity index (χ2v) is 13.9. The van der Waals surface area contributed by atoms with Gasteiger partial charge in [0.25, 0.3) is 0 Å². The lowest BCUT2D eigenvalue weighted by atomic mass is 9.64. The van der Waals surface area contributed by atoms with Gasteiger partial charge in [0.1, 0.15) is 5.75 Å². The van der Waals surface area contributed by atoms with Crippen molar-refractivity contribution in [2.45, 2.75) is 103 Å². The predicted molar refractivity (Wildman–Crippen MR) is 182 cm³/mol. The van der Waals surface area contributed by atoms with Gasteiger partial charge in [-0.15, -0.1) is 0 Å². The number of fused-ring (bicyclic) bond motifs is 8. The number of amides is 2. The summed E-state index contributed by atoms with van der Waals surface area (Å²) in [5, 5.41) is 26.6. The van der Waals surface area contributed by atoms with E-state index < -0.39 is 17.1 Å². The monoisotopic (exact) mass is 634 g/mol. The minimum absolute atomic E-state index is 0.0370. The number of carbonyl (C=O) groups excluding carboxylic acids is 2. The van der Waals surface area contributed by atoms with Crippen molar-refractivity contribution in [3.63, 3.8) is 0 Å². The van der Waals surface area contributed by atoms with Crippen LogP contribution in [0.4, 0.5) is 4.79 Å². The van der Waals surface area contributed by atoms with Crippen molar-refractivity contribution in [3.8, 4) is 5.75 Å². The number of nitrogens with one attached hydrogen (secondary N) is 1. The molecule has 5 rings (SSSR count). The molecular formula is C38H54N2O6. The van der Waals surface area contributed by atoms with Crippen LogP contribution in [0, 0.1) is 5.41 Å². The molecule has 0 radical (unpaired) electrons.